The predicted molar refractivity (Wildman–Crippen MR) is 83.3 cm³/mol. The summed E-state index contributed by atoms with van der Waals surface area (Å²) in [5, 5.41) is 39.4. The lowest BCUT2D eigenvalue weighted by Gasteiger charge is -2.21. The number of rotatable bonds is 10. The largest absolute Gasteiger partial charge is 0.479 e. The number of aliphatic carboxylic acids is 1. The Morgan fingerprint density at radius 3 is 2.12 bits per heavy atom. The first-order chi connectivity index (χ1) is 11.2. The first-order valence-corrected chi connectivity index (χ1v) is 7.31. The number of carboxylic acids is 1. The number of nitrogens with one attached hydrogen (secondary N) is 1. The molecule has 0 unspecified atom stereocenters. The van der Waals surface area contributed by atoms with Crippen molar-refractivity contribution < 1.29 is 34.8 Å². The van der Waals surface area contributed by atoms with Crippen LogP contribution in [0.2, 0.25) is 0 Å². The molecular formula is C16H21NO7. The predicted octanol–water partition coefficient (Wildman–Crippen LogP) is -1.49. The van der Waals surface area contributed by atoms with Crippen LogP contribution in [0.1, 0.15) is 12.5 Å². The highest BCUT2D eigenvalue weighted by atomic mass is 16.4. The van der Waals surface area contributed by atoms with Crippen LogP contribution in [0.5, 0.6) is 0 Å². The van der Waals surface area contributed by atoms with Crippen LogP contribution in [0, 0.1) is 0 Å². The Kier molecular flexibility index (Phi) is 7.66. The molecule has 0 amide bonds. The fourth-order valence-electron chi connectivity index (χ4n) is 2.05. The van der Waals surface area contributed by atoms with Crippen molar-refractivity contribution in [2.75, 3.05) is 6.54 Å². The van der Waals surface area contributed by atoms with Crippen molar-refractivity contribution in [1.29, 1.82) is 0 Å². The van der Waals surface area contributed by atoms with E-state index in [0.29, 0.717) is 6.42 Å². The molecule has 1 rings (SSSR count). The van der Waals surface area contributed by atoms with Gasteiger partial charge < -0.3 is 25.7 Å². The summed E-state index contributed by atoms with van der Waals surface area (Å²) in [6.07, 6.45) is -6.17. The van der Waals surface area contributed by atoms with Gasteiger partial charge in [-0.1, -0.05) is 30.3 Å². The van der Waals surface area contributed by atoms with Crippen LogP contribution in [0.4, 0.5) is 0 Å². The lowest BCUT2D eigenvalue weighted by atomic mass is 10.0. The third-order valence-electron chi connectivity index (χ3n) is 3.53. The van der Waals surface area contributed by atoms with Crippen LogP contribution in [-0.4, -0.2) is 68.9 Å². The third kappa shape index (κ3) is 5.82. The topological polar surface area (TPSA) is 144 Å². The van der Waals surface area contributed by atoms with Crippen molar-refractivity contribution in [3.8, 4) is 0 Å². The molecule has 0 heterocycles. The lowest BCUT2D eigenvalue weighted by Crippen LogP contribution is -2.50. The summed E-state index contributed by atoms with van der Waals surface area (Å²) in [7, 11) is 0. The second-order valence-electron chi connectivity index (χ2n) is 5.42. The Balaban J connectivity index is 2.61. The second kappa shape index (κ2) is 9.24. The van der Waals surface area contributed by atoms with Gasteiger partial charge in [0.15, 0.2) is 11.9 Å². The van der Waals surface area contributed by atoms with Crippen LogP contribution in [0.25, 0.3) is 0 Å². The van der Waals surface area contributed by atoms with E-state index in [2.05, 4.69) is 5.32 Å². The number of hydrogen-bond donors (Lipinski definition) is 5. The molecule has 8 nitrogen and oxygen atoms in total. The molecule has 5 N–H and O–H groups in total. The molecule has 0 aromatic heterocycles. The van der Waals surface area contributed by atoms with E-state index in [1.807, 2.05) is 30.3 Å². The summed E-state index contributed by atoms with van der Waals surface area (Å²) in [6, 6.07) is 8.41. The molecule has 4 atom stereocenters. The van der Waals surface area contributed by atoms with E-state index >= 15 is 0 Å². The molecular weight excluding hydrogens is 318 g/mol. The van der Waals surface area contributed by atoms with E-state index < -0.39 is 42.7 Å². The fraction of sp³-hybridized carbons (Fsp3) is 0.438. The first kappa shape index (κ1) is 19.9. The number of hydrogen-bond acceptors (Lipinski definition) is 7. The summed E-state index contributed by atoms with van der Waals surface area (Å²) in [5.41, 5.74) is 0.875. The molecule has 8 heteroatoms. The quantitative estimate of drug-likeness (QED) is 0.347. The standard InChI is InChI=1S/C16H21NO7/c1-9(18)11(7-10-5-3-2-4-6-10)17-8-12(19)13(20)14(21)15(22)16(23)24/h2-6,11,13-15,17,20-22H,7-8H2,1H3,(H,23,24)/t11-,13-,14+,15+/m1/s1. The number of carbonyl (C=O) groups is 3. The van der Waals surface area contributed by atoms with Crippen LogP contribution >= 0.6 is 0 Å². The third-order valence-corrected chi connectivity index (χ3v) is 3.53. The maximum Gasteiger partial charge on any atom is 0.335 e. The Hall–Kier alpha value is -2.13. The van der Waals surface area contributed by atoms with Crippen LogP contribution in [0.15, 0.2) is 30.3 Å². The monoisotopic (exact) mass is 339 g/mol. The summed E-state index contributed by atoms with van der Waals surface area (Å²) < 4.78 is 0. The Morgan fingerprint density at radius 1 is 1.04 bits per heavy atom. The summed E-state index contributed by atoms with van der Waals surface area (Å²) in [5.74, 6) is -2.90. The fourth-order valence-corrected chi connectivity index (χ4v) is 2.05. The zero-order valence-corrected chi connectivity index (χ0v) is 13.1. The minimum atomic E-state index is -2.28. The van der Waals surface area contributed by atoms with E-state index in [1.165, 1.54) is 6.92 Å². The normalized spacial score (nSPS) is 16.0. The molecule has 0 saturated carbocycles. The van der Waals surface area contributed by atoms with Crippen molar-refractivity contribution in [3.05, 3.63) is 35.9 Å². The van der Waals surface area contributed by atoms with Gasteiger partial charge in [-0.25, -0.2) is 4.79 Å². The van der Waals surface area contributed by atoms with Gasteiger partial charge >= 0.3 is 5.97 Å². The van der Waals surface area contributed by atoms with Crippen molar-refractivity contribution in [2.24, 2.45) is 0 Å². The van der Waals surface area contributed by atoms with E-state index in [4.69, 9.17) is 10.2 Å². The molecule has 0 aliphatic rings. The summed E-state index contributed by atoms with van der Waals surface area (Å²) in [4.78, 5) is 34.0. The Bertz CT molecular complexity index is 575. The Labute approximate surface area is 138 Å². The van der Waals surface area contributed by atoms with Crippen molar-refractivity contribution in [3.63, 3.8) is 0 Å². The molecule has 0 saturated heterocycles. The van der Waals surface area contributed by atoms with Crippen molar-refractivity contribution in [2.45, 2.75) is 37.7 Å². The molecule has 0 aliphatic carbocycles. The number of ketones is 2. The zero-order valence-electron chi connectivity index (χ0n) is 13.1. The van der Waals surface area contributed by atoms with Gasteiger partial charge in [-0.3, -0.25) is 9.59 Å². The summed E-state index contributed by atoms with van der Waals surface area (Å²) >= 11 is 0. The van der Waals surface area contributed by atoms with Gasteiger partial charge in [0.05, 0.1) is 12.6 Å². The highest BCUT2D eigenvalue weighted by Gasteiger charge is 2.34. The zero-order chi connectivity index (χ0) is 18.3. The van der Waals surface area contributed by atoms with Gasteiger partial charge in [-0.2, -0.15) is 0 Å². The minimum absolute atomic E-state index is 0.215. The van der Waals surface area contributed by atoms with Crippen LogP contribution in [0.3, 0.4) is 0 Å². The maximum atomic E-state index is 11.8. The van der Waals surface area contributed by atoms with E-state index in [9.17, 15) is 24.6 Å². The first-order valence-electron chi connectivity index (χ1n) is 7.31. The van der Waals surface area contributed by atoms with Gasteiger partial charge in [-0.15, -0.1) is 0 Å². The van der Waals surface area contributed by atoms with Gasteiger partial charge in [0, 0.05) is 0 Å². The number of aliphatic hydroxyl groups is 3. The molecule has 0 aliphatic heterocycles. The summed E-state index contributed by atoms with van der Waals surface area (Å²) in [6.45, 7) is 0.895. The van der Waals surface area contributed by atoms with Crippen LogP contribution in [-0.2, 0) is 20.8 Å². The second-order valence-corrected chi connectivity index (χ2v) is 5.42. The smallest absolute Gasteiger partial charge is 0.335 e. The molecule has 1 aromatic rings. The minimum Gasteiger partial charge on any atom is -0.479 e. The average molecular weight is 339 g/mol. The number of carboxylic acid groups (broad SMARTS) is 1. The highest BCUT2D eigenvalue weighted by Crippen LogP contribution is 2.05. The number of Topliss-reactive ketones (excluding diaryl/α,β-unsaturated/α-hetero) is 2. The van der Waals surface area contributed by atoms with Gasteiger partial charge in [0.2, 0.25) is 0 Å². The number of carbonyl (C=O) groups excluding carboxylic acids is 2. The molecule has 0 fully saturated rings. The van der Waals surface area contributed by atoms with Gasteiger partial charge in [0.1, 0.15) is 18.0 Å². The average Bonchev–Trinajstić information content (AvgIpc) is 2.56. The van der Waals surface area contributed by atoms with E-state index in [-0.39, 0.29) is 5.78 Å². The van der Waals surface area contributed by atoms with Crippen LogP contribution < -0.4 is 5.32 Å². The molecule has 24 heavy (non-hydrogen) atoms. The number of aliphatic hydroxyl groups excluding tert-OH is 3. The molecule has 0 radical (unpaired) electrons. The van der Waals surface area contributed by atoms with Crippen molar-refractivity contribution in [1.82, 2.24) is 5.32 Å². The van der Waals surface area contributed by atoms with Gasteiger partial charge in [0.25, 0.3) is 0 Å². The number of benzene rings is 1. The van der Waals surface area contributed by atoms with E-state index in [0.717, 1.165) is 5.56 Å². The van der Waals surface area contributed by atoms with Gasteiger partial charge in [-0.05, 0) is 18.9 Å². The molecule has 1 aromatic carbocycles. The molecule has 132 valence electrons. The Morgan fingerprint density at radius 2 is 1.62 bits per heavy atom. The van der Waals surface area contributed by atoms with E-state index in [1.54, 1.807) is 0 Å². The maximum absolute atomic E-state index is 11.8. The molecule has 0 bridgehead atoms. The highest BCUT2D eigenvalue weighted by molar-refractivity contribution is 5.88. The SMILES string of the molecule is CC(=O)[C@@H](Cc1ccccc1)NCC(=O)[C@@H](O)[C@H](O)[C@H](O)C(=O)O. The molecule has 0 spiro atoms. The lowest BCUT2D eigenvalue weighted by molar-refractivity contribution is -0.160. The van der Waals surface area contributed by atoms with Crippen molar-refractivity contribution >= 4 is 17.5 Å².